The largest absolute Gasteiger partial charge is 0.469 e. The third-order valence-electron chi connectivity index (χ3n) is 3.53. The average molecular weight is 400 g/mol. The van der Waals surface area contributed by atoms with Crippen molar-refractivity contribution in [3.05, 3.63) is 35.2 Å². The molecule has 0 aliphatic rings. The lowest BCUT2D eigenvalue weighted by Crippen LogP contribution is -2.28. The van der Waals surface area contributed by atoms with E-state index in [1.807, 2.05) is 30.3 Å². The normalized spacial score (nSPS) is 11.3. The molecule has 1 atom stereocenters. The molecule has 1 aromatic heterocycles. The van der Waals surface area contributed by atoms with Crippen LogP contribution in [0.3, 0.4) is 0 Å². The first-order valence-electron chi connectivity index (χ1n) is 7.72. The van der Waals surface area contributed by atoms with E-state index in [0.29, 0.717) is 10.8 Å². The topological polar surface area (TPSA) is 104 Å². The summed E-state index contributed by atoms with van der Waals surface area (Å²) in [4.78, 5) is 29.0. The molecule has 1 unspecified atom stereocenters. The molecule has 2 aromatic rings. The van der Waals surface area contributed by atoms with Crippen molar-refractivity contribution in [1.29, 1.82) is 0 Å². The number of thiazole rings is 1. The van der Waals surface area contributed by atoms with Crippen molar-refractivity contribution in [1.82, 2.24) is 4.98 Å². The number of carbonyl (C=O) groups is 2. The fraction of sp³-hybridized carbons (Fsp3) is 0.353. The Bertz CT molecular complexity index is 720. The van der Waals surface area contributed by atoms with Gasteiger partial charge in [-0.15, -0.1) is 23.7 Å². The lowest BCUT2D eigenvalue weighted by Gasteiger charge is -2.11. The number of hydrogen-bond donors (Lipinski definition) is 2. The number of anilines is 1. The monoisotopic (exact) mass is 399 g/mol. The van der Waals surface area contributed by atoms with Gasteiger partial charge in [-0.2, -0.15) is 0 Å². The van der Waals surface area contributed by atoms with Crippen LogP contribution in [0.15, 0.2) is 30.3 Å². The molecule has 0 bridgehead atoms. The number of benzene rings is 1. The fourth-order valence-corrected chi connectivity index (χ4v) is 3.18. The summed E-state index contributed by atoms with van der Waals surface area (Å²) in [6, 6.07) is 9.47. The minimum atomic E-state index is -0.360. The van der Waals surface area contributed by atoms with Gasteiger partial charge in [0.15, 0.2) is 5.13 Å². The highest BCUT2D eigenvalue weighted by Crippen LogP contribution is 2.31. The maximum atomic E-state index is 12.1. The summed E-state index contributed by atoms with van der Waals surface area (Å²) in [7, 11) is 2.85. The molecule has 1 heterocycles. The van der Waals surface area contributed by atoms with Gasteiger partial charge in [0, 0.05) is 24.1 Å². The molecule has 0 aliphatic carbocycles. The molecule has 0 aliphatic heterocycles. The summed E-state index contributed by atoms with van der Waals surface area (Å²) in [5, 5.41) is 3.17. The second-order valence-electron chi connectivity index (χ2n) is 5.26. The number of nitrogens with zero attached hydrogens (tertiary/aromatic N) is 1. The summed E-state index contributed by atoms with van der Waals surface area (Å²) >= 11 is 1.25. The Hall–Kier alpha value is -2.00. The summed E-state index contributed by atoms with van der Waals surface area (Å²) in [6.45, 7) is 0.255. The fourth-order valence-electron chi connectivity index (χ4n) is 2.19. The van der Waals surface area contributed by atoms with E-state index in [1.165, 1.54) is 25.6 Å². The van der Waals surface area contributed by atoms with E-state index in [4.69, 9.17) is 15.2 Å². The SMILES string of the molecule is COC(=O)Cc1sc(NC(=O)CC(CN)OC)nc1-c1ccccc1.Cl. The van der Waals surface area contributed by atoms with E-state index in [1.54, 1.807) is 0 Å². The number of aromatic nitrogens is 1. The van der Waals surface area contributed by atoms with Gasteiger partial charge in [-0.3, -0.25) is 9.59 Å². The zero-order valence-electron chi connectivity index (χ0n) is 14.6. The molecule has 0 spiro atoms. The Morgan fingerprint density at radius 3 is 2.54 bits per heavy atom. The zero-order valence-corrected chi connectivity index (χ0v) is 16.2. The van der Waals surface area contributed by atoms with Crippen LogP contribution in [-0.4, -0.2) is 43.7 Å². The van der Waals surface area contributed by atoms with Gasteiger partial charge < -0.3 is 20.5 Å². The second-order valence-corrected chi connectivity index (χ2v) is 6.34. The zero-order chi connectivity index (χ0) is 18.2. The van der Waals surface area contributed by atoms with E-state index in [9.17, 15) is 9.59 Å². The molecule has 0 fully saturated rings. The maximum Gasteiger partial charge on any atom is 0.310 e. The van der Waals surface area contributed by atoms with E-state index >= 15 is 0 Å². The van der Waals surface area contributed by atoms with Gasteiger partial charge in [0.2, 0.25) is 5.91 Å². The van der Waals surface area contributed by atoms with Crippen LogP contribution < -0.4 is 11.1 Å². The third kappa shape index (κ3) is 6.06. The Morgan fingerprint density at radius 1 is 1.27 bits per heavy atom. The second kappa shape index (κ2) is 10.9. The molecule has 0 saturated heterocycles. The van der Waals surface area contributed by atoms with Crippen LogP contribution in [0.1, 0.15) is 11.3 Å². The quantitative estimate of drug-likeness (QED) is 0.660. The van der Waals surface area contributed by atoms with E-state index in [2.05, 4.69) is 10.3 Å². The van der Waals surface area contributed by atoms with Gasteiger partial charge in [0.25, 0.3) is 0 Å². The highest BCUT2D eigenvalue weighted by Gasteiger charge is 2.19. The van der Waals surface area contributed by atoms with Gasteiger partial charge in [-0.05, 0) is 0 Å². The number of esters is 1. The Balaban J connectivity index is 0.00000338. The Labute approximate surface area is 162 Å². The molecular formula is C17H22ClN3O4S. The highest BCUT2D eigenvalue weighted by molar-refractivity contribution is 7.16. The van der Waals surface area contributed by atoms with Crippen molar-refractivity contribution < 1.29 is 19.1 Å². The molecule has 7 nitrogen and oxygen atoms in total. The van der Waals surface area contributed by atoms with Gasteiger partial charge in [0.05, 0.1) is 31.7 Å². The van der Waals surface area contributed by atoms with Crippen LogP contribution in [0.25, 0.3) is 11.3 Å². The molecule has 0 saturated carbocycles. The smallest absolute Gasteiger partial charge is 0.310 e. The molecule has 1 aromatic carbocycles. The minimum absolute atomic E-state index is 0. The number of ether oxygens (including phenoxy) is 2. The van der Waals surface area contributed by atoms with Crippen LogP contribution in [0, 0.1) is 0 Å². The van der Waals surface area contributed by atoms with Crippen molar-refractivity contribution in [2.45, 2.75) is 18.9 Å². The summed E-state index contributed by atoms with van der Waals surface area (Å²) < 4.78 is 9.85. The van der Waals surface area contributed by atoms with E-state index < -0.39 is 0 Å². The highest BCUT2D eigenvalue weighted by atomic mass is 35.5. The van der Waals surface area contributed by atoms with Crippen LogP contribution >= 0.6 is 23.7 Å². The van der Waals surface area contributed by atoms with Gasteiger partial charge >= 0.3 is 5.97 Å². The summed E-state index contributed by atoms with van der Waals surface area (Å²) in [6.07, 6.45) is -0.111. The minimum Gasteiger partial charge on any atom is -0.469 e. The molecule has 1 amide bonds. The van der Waals surface area contributed by atoms with Gasteiger partial charge in [-0.1, -0.05) is 30.3 Å². The molecule has 0 radical (unpaired) electrons. The van der Waals surface area contributed by atoms with Crippen molar-refractivity contribution in [2.24, 2.45) is 5.73 Å². The molecule has 3 N–H and O–H groups in total. The van der Waals surface area contributed by atoms with E-state index in [-0.39, 0.29) is 49.8 Å². The number of nitrogens with one attached hydrogen (secondary N) is 1. The van der Waals surface area contributed by atoms with Crippen LogP contribution in [0.4, 0.5) is 5.13 Å². The van der Waals surface area contributed by atoms with Crippen molar-refractivity contribution >= 4 is 40.8 Å². The van der Waals surface area contributed by atoms with Crippen molar-refractivity contribution in [2.75, 3.05) is 26.1 Å². The van der Waals surface area contributed by atoms with Crippen LogP contribution in [0.2, 0.25) is 0 Å². The third-order valence-corrected chi connectivity index (χ3v) is 4.50. The standard InChI is InChI=1S/C17H21N3O4S.ClH/c1-23-12(10-18)8-14(21)19-17-20-16(11-6-4-3-5-7-11)13(25-17)9-15(22)24-2;/h3-7,12H,8-10,18H2,1-2H3,(H,19,20,21);1H. The van der Waals surface area contributed by atoms with Crippen LogP contribution in [-0.2, 0) is 25.5 Å². The molecule has 2 rings (SSSR count). The summed E-state index contributed by atoms with van der Waals surface area (Å²) in [5.41, 5.74) is 7.06. The molecule has 142 valence electrons. The Morgan fingerprint density at radius 2 is 1.96 bits per heavy atom. The number of hydrogen-bond acceptors (Lipinski definition) is 7. The summed E-state index contributed by atoms with van der Waals surface area (Å²) in [5.74, 6) is -0.600. The lowest BCUT2D eigenvalue weighted by atomic mass is 10.1. The average Bonchev–Trinajstić information content (AvgIpc) is 3.02. The molecule has 9 heteroatoms. The molecular weight excluding hydrogens is 378 g/mol. The van der Waals surface area contributed by atoms with Crippen molar-refractivity contribution in [3.63, 3.8) is 0 Å². The predicted molar refractivity (Wildman–Crippen MR) is 104 cm³/mol. The van der Waals surface area contributed by atoms with Gasteiger partial charge in [0.1, 0.15) is 0 Å². The lowest BCUT2D eigenvalue weighted by molar-refractivity contribution is -0.139. The van der Waals surface area contributed by atoms with Crippen LogP contribution in [0.5, 0.6) is 0 Å². The first kappa shape index (κ1) is 22.0. The van der Waals surface area contributed by atoms with E-state index in [0.717, 1.165) is 10.4 Å². The number of halogens is 1. The molecule has 26 heavy (non-hydrogen) atoms. The first-order valence-corrected chi connectivity index (χ1v) is 8.53. The number of nitrogens with two attached hydrogens (primary N) is 1. The predicted octanol–water partition coefficient (Wildman–Crippen LogP) is 2.25. The number of rotatable bonds is 8. The number of carbonyl (C=O) groups excluding carboxylic acids is 2. The number of amides is 1. The van der Waals surface area contributed by atoms with Crippen molar-refractivity contribution in [3.8, 4) is 11.3 Å². The van der Waals surface area contributed by atoms with Gasteiger partial charge in [-0.25, -0.2) is 4.98 Å². The number of methoxy groups -OCH3 is 2. The first-order chi connectivity index (χ1) is 12.1. The maximum absolute atomic E-state index is 12.1. The Kier molecular flexibility index (Phi) is 9.22.